The summed E-state index contributed by atoms with van der Waals surface area (Å²) in [5.41, 5.74) is 6.43. The summed E-state index contributed by atoms with van der Waals surface area (Å²) in [6, 6.07) is 8.18. The lowest BCUT2D eigenvalue weighted by Crippen LogP contribution is -2.46. The summed E-state index contributed by atoms with van der Waals surface area (Å²) in [7, 11) is 1.77. The summed E-state index contributed by atoms with van der Waals surface area (Å²) >= 11 is 0. The number of nitrogens with one attached hydrogen (secondary N) is 2. The SMILES string of the molecule is CCc1cc(CC(C)(C)C)cc2c1CCCC2NC[C@@H](O)[C@H](Cc1cc(F)cc(F)c1)NC. The van der Waals surface area contributed by atoms with Crippen molar-refractivity contribution < 1.29 is 13.9 Å². The average Bonchev–Trinajstić information content (AvgIpc) is 2.73. The highest BCUT2D eigenvalue weighted by atomic mass is 19.1. The maximum Gasteiger partial charge on any atom is 0.126 e. The molecule has 3 N–H and O–H groups in total. The number of halogens is 2. The van der Waals surface area contributed by atoms with E-state index < -0.39 is 17.7 Å². The predicted octanol–water partition coefficient (Wildman–Crippen LogP) is 5.27. The van der Waals surface area contributed by atoms with Gasteiger partial charge in [0.15, 0.2) is 0 Å². The van der Waals surface area contributed by atoms with Crippen molar-refractivity contribution in [3.63, 3.8) is 0 Å². The summed E-state index contributed by atoms with van der Waals surface area (Å²) < 4.78 is 27.2. The Morgan fingerprint density at radius 1 is 1.06 bits per heavy atom. The number of aryl methyl sites for hydroxylation is 1. The summed E-state index contributed by atoms with van der Waals surface area (Å²) in [5, 5.41) is 17.6. The predicted molar refractivity (Wildman–Crippen MR) is 132 cm³/mol. The van der Waals surface area contributed by atoms with Gasteiger partial charge in [-0.2, -0.15) is 0 Å². The summed E-state index contributed by atoms with van der Waals surface area (Å²) in [6.45, 7) is 9.45. The Bertz CT molecular complexity index is 918. The molecule has 0 bridgehead atoms. The maximum atomic E-state index is 13.6. The van der Waals surface area contributed by atoms with Crippen LogP contribution in [0.1, 0.15) is 74.4 Å². The van der Waals surface area contributed by atoms with E-state index in [2.05, 4.69) is 50.5 Å². The fourth-order valence-electron chi connectivity index (χ4n) is 5.14. The first kappa shape index (κ1) is 25.8. The number of aliphatic hydroxyl groups is 1. The van der Waals surface area contributed by atoms with Crippen LogP contribution in [0.25, 0.3) is 0 Å². The molecule has 0 saturated carbocycles. The zero-order valence-electron chi connectivity index (χ0n) is 20.8. The molecule has 33 heavy (non-hydrogen) atoms. The van der Waals surface area contributed by atoms with Gasteiger partial charge in [-0.05, 0) is 90.9 Å². The van der Waals surface area contributed by atoms with Crippen molar-refractivity contribution in [1.82, 2.24) is 10.6 Å². The highest BCUT2D eigenvalue weighted by Crippen LogP contribution is 2.35. The Balaban J connectivity index is 1.73. The molecule has 0 aliphatic heterocycles. The van der Waals surface area contributed by atoms with Gasteiger partial charge in [0.25, 0.3) is 0 Å². The normalized spacial score (nSPS) is 18.1. The zero-order chi connectivity index (χ0) is 24.2. The second-order valence-electron chi connectivity index (χ2n) is 10.7. The van der Waals surface area contributed by atoms with Crippen molar-refractivity contribution in [2.75, 3.05) is 13.6 Å². The second-order valence-corrected chi connectivity index (χ2v) is 10.7. The van der Waals surface area contributed by atoms with Gasteiger partial charge in [0.2, 0.25) is 0 Å². The van der Waals surface area contributed by atoms with Crippen LogP contribution in [0.4, 0.5) is 8.78 Å². The van der Waals surface area contributed by atoms with Crippen LogP contribution < -0.4 is 10.6 Å². The molecule has 0 fully saturated rings. The molecule has 0 amide bonds. The first-order valence-corrected chi connectivity index (χ1v) is 12.3. The number of hydrogen-bond donors (Lipinski definition) is 3. The second kappa shape index (κ2) is 11.1. The lowest BCUT2D eigenvalue weighted by atomic mass is 9.80. The molecule has 0 heterocycles. The largest absolute Gasteiger partial charge is 0.390 e. The number of likely N-dealkylation sites (N-methyl/N-ethyl adjacent to an activating group) is 1. The van der Waals surface area contributed by atoms with E-state index >= 15 is 0 Å². The van der Waals surface area contributed by atoms with Crippen LogP contribution >= 0.6 is 0 Å². The van der Waals surface area contributed by atoms with Gasteiger partial charge in [0.1, 0.15) is 11.6 Å². The number of rotatable bonds is 9. The molecule has 2 aromatic carbocycles. The van der Waals surface area contributed by atoms with Gasteiger partial charge in [0, 0.05) is 24.7 Å². The van der Waals surface area contributed by atoms with Crippen LogP contribution in [0, 0.1) is 17.0 Å². The van der Waals surface area contributed by atoms with Crippen molar-refractivity contribution in [2.45, 2.75) is 84.4 Å². The third-order valence-corrected chi connectivity index (χ3v) is 6.63. The van der Waals surface area contributed by atoms with Crippen molar-refractivity contribution in [1.29, 1.82) is 0 Å². The molecular formula is C28H40F2N2O. The van der Waals surface area contributed by atoms with Gasteiger partial charge in [-0.3, -0.25) is 0 Å². The molecule has 3 atom stereocenters. The van der Waals surface area contributed by atoms with Gasteiger partial charge in [-0.1, -0.05) is 39.8 Å². The summed E-state index contributed by atoms with van der Waals surface area (Å²) in [4.78, 5) is 0. The van der Waals surface area contributed by atoms with E-state index in [9.17, 15) is 13.9 Å². The van der Waals surface area contributed by atoms with Crippen molar-refractivity contribution in [3.05, 3.63) is 69.8 Å². The maximum absolute atomic E-state index is 13.6. The van der Waals surface area contributed by atoms with E-state index in [1.165, 1.54) is 34.4 Å². The zero-order valence-corrected chi connectivity index (χ0v) is 20.8. The minimum Gasteiger partial charge on any atom is -0.390 e. The Morgan fingerprint density at radius 2 is 1.76 bits per heavy atom. The van der Waals surface area contributed by atoms with Crippen LogP contribution in [-0.2, 0) is 25.7 Å². The quantitative estimate of drug-likeness (QED) is 0.479. The van der Waals surface area contributed by atoms with Gasteiger partial charge < -0.3 is 15.7 Å². The van der Waals surface area contributed by atoms with Crippen molar-refractivity contribution in [2.24, 2.45) is 5.41 Å². The standard InChI is InChI=1S/C28H40F2N2O/c1-6-20-10-19(16-28(2,3)4)13-24-23(20)8-7-9-25(24)32-17-27(33)26(31-5)14-18-11-21(29)15-22(30)12-18/h10-13,15,25-27,31-33H,6-9,14,16-17H2,1-5H3/t25?,26-,27+/m0/s1. The lowest BCUT2D eigenvalue weighted by molar-refractivity contribution is 0.124. The lowest BCUT2D eigenvalue weighted by Gasteiger charge is -2.32. The molecule has 2 aromatic rings. The minimum atomic E-state index is -0.685. The van der Waals surface area contributed by atoms with E-state index in [0.717, 1.165) is 38.2 Å². The molecule has 1 aliphatic rings. The molecule has 182 valence electrons. The fraction of sp³-hybridized carbons (Fsp3) is 0.571. The van der Waals surface area contributed by atoms with Crippen LogP contribution in [0.3, 0.4) is 0 Å². The molecule has 0 saturated heterocycles. The van der Waals surface area contributed by atoms with E-state index in [-0.39, 0.29) is 17.5 Å². The third kappa shape index (κ3) is 7.08. The molecule has 0 spiro atoms. The molecule has 3 rings (SSSR count). The molecule has 3 nitrogen and oxygen atoms in total. The number of aliphatic hydroxyl groups excluding tert-OH is 1. The monoisotopic (exact) mass is 458 g/mol. The van der Waals surface area contributed by atoms with Gasteiger partial charge >= 0.3 is 0 Å². The van der Waals surface area contributed by atoms with Gasteiger partial charge in [-0.15, -0.1) is 0 Å². The summed E-state index contributed by atoms with van der Waals surface area (Å²) in [5.74, 6) is -1.19. The van der Waals surface area contributed by atoms with E-state index in [1.54, 1.807) is 7.05 Å². The molecule has 1 unspecified atom stereocenters. The number of hydrogen-bond acceptors (Lipinski definition) is 3. The smallest absolute Gasteiger partial charge is 0.126 e. The fourth-order valence-corrected chi connectivity index (χ4v) is 5.14. The highest BCUT2D eigenvalue weighted by Gasteiger charge is 2.26. The molecule has 0 aromatic heterocycles. The number of benzene rings is 2. The number of fused-ring (bicyclic) bond motifs is 1. The Morgan fingerprint density at radius 3 is 2.36 bits per heavy atom. The molecule has 5 heteroatoms. The van der Waals surface area contributed by atoms with Crippen LogP contribution in [0.15, 0.2) is 30.3 Å². The van der Waals surface area contributed by atoms with Crippen LogP contribution in [0.5, 0.6) is 0 Å². The highest BCUT2D eigenvalue weighted by molar-refractivity contribution is 5.43. The molecular weight excluding hydrogens is 418 g/mol. The average molecular weight is 459 g/mol. The Labute approximate surface area is 198 Å². The van der Waals surface area contributed by atoms with Gasteiger partial charge in [0.05, 0.1) is 6.10 Å². The van der Waals surface area contributed by atoms with E-state index in [0.29, 0.717) is 18.5 Å². The summed E-state index contributed by atoms with van der Waals surface area (Å²) in [6.07, 6.45) is 5.02. The van der Waals surface area contributed by atoms with Crippen LogP contribution in [-0.4, -0.2) is 30.8 Å². The molecule has 1 aliphatic carbocycles. The van der Waals surface area contributed by atoms with Crippen molar-refractivity contribution in [3.8, 4) is 0 Å². The van der Waals surface area contributed by atoms with Crippen LogP contribution in [0.2, 0.25) is 0 Å². The van der Waals surface area contributed by atoms with E-state index in [4.69, 9.17) is 0 Å². The third-order valence-electron chi connectivity index (χ3n) is 6.63. The Kier molecular flexibility index (Phi) is 8.65. The topological polar surface area (TPSA) is 44.3 Å². The molecule has 0 radical (unpaired) electrons. The minimum absolute atomic E-state index is 0.206. The van der Waals surface area contributed by atoms with E-state index in [1.807, 2.05) is 0 Å². The first-order valence-electron chi connectivity index (χ1n) is 12.3. The van der Waals surface area contributed by atoms with Gasteiger partial charge in [-0.25, -0.2) is 8.78 Å². The Hall–Kier alpha value is -1.82. The van der Waals surface area contributed by atoms with Crippen molar-refractivity contribution >= 4 is 0 Å². The first-order chi connectivity index (χ1) is 15.6.